The van der Waals surface area contributed by atoms with E-state index < -0.39 is 29.6 Å². The van der Waals surface area contributed by atoms with Gasteiger partial charge in [-0.25, -0.2) is 9.18 Å². The van der Waals surface area contributed by atoms with Gasteiger partial charge in [0.25, 0.3) is 0 Å². The highest BCUT2D eigenvalue weighted by Gasteiger charge is 2.39. The molecule has 20 heavy (non-hydrogen) atoms. The second-order valence-electron chi connectivity index (χ2n) is 4.69. The van der Waals surface area contributed by atoms with Crippen LogP contribution in [-0.2, 0) is 16.1 Å². The number of urea groups is 1. The Balaban J connectivity index is 2.19. The van der Waals surface area contributed by atoms with Crippen molar-refractivity contribution in [3.63, 3.8) is 0 Å². The number of barbiturate groups is 1. The second-order valence-corrected chi connectivity index (χ2v) is 4.69. The average Bonchev–Trinajstić information content (AvgIpc) is 2.39. The minimum Gasteiger partial charge on any atom is -0.277 e. The summed E-state index contributed by atoms with van der Waals surface area (Å²) in [6.07, 6.45) is 1.05. The number of rotatable bonds is 4. The van der Waals surface area contributed by atoms with E-state index in [0.717, 1.165) is 4.90 Å². The zero-order valence-electron chi connectivity index (χ0n) is 11.1. The number of carbonyl (C=O) groups excluding carboxylic acids is 3. The molecule has 1 atom stereocenters. The highest BCUT2D eigenvalue weighted by molar-refractivity contribution is 6.16. The lowest BCUT2D eigenvalue weighted by Crippen LogP contribution is -2.57. The molecule has 106 valence electrons. The molecule has 1 unspecified atom stereocenters. The lowest BCUT2D eigenvalue weighted by Gasteiger charge is -2.30. The first-order chi connectivity index (χ1) is 9.52. The van der Waals surface area contributed by atoms with Gasteiger partial charge in [-0.05, 0) is 24.1 Å². The molecule has 1 N–H and O–H groups in total. The Morgan fingerprint density at radius 1 is 1.30 bits per heavy atom. The van der Waals surface area contributed by atoms with Crippen LogP contribution in [0.15, 0.2) is 24.3 Å². The van der Waals surface area contributed by atoms with Crippen LogP contribution in [0.4, 0.5) is 9.18 Å². The summed E-state index contributed by atoms with van der Waals surface area (Å²) in [4.78, 5) is 36.5. The molecule has 0 radical (unpaired) electrons. The Morgan fingerprint density at radius 3 is 2.70 bits per heavy atom. The summed E-state index contributed by atoms with van der Waals surface area (Å²) in [7, 11) is 0. The number of hydrogen-bond donors (Lipinski definition) is 1. The summed E-state index contributed by atoms with van der Waals surface area (Å²) in [6, 6.07) is 4.91. The Hall–Kier alpha value is -2.24. The number of halogens is 1. The first kappa shape index (κ1) is 14.2. The van der Waals surface area contributed by atoms with E-state index in [0.29, 0.717) is 18.4 Å². The molecule has 0 bridgehead atoms. The van der Waals surface area contributed by atoms with E-state index in [-0.39, 0.29) is 6.54 Å². The maximum absolute atomic E-state index is 13.1. The molecule has 1 aliphatic heterocycles. The summed E-state index contributed by atoms with van der Waals surface area (Å²) < 4.78 is 13.1. The molecule has 0 saturated carbocycles. The molecule has 1 fully saturated rings. The largest absolute Gasteiger partial charge is 0.331 e. The molecule has 2 rings (SSSR count). The predicted molar refractivity (Wildman–Crippen MR) is 68.9 cm³/mol. The summed E-state index contributed by atoms with van der Waals surface area (Å²) in [5.41, 5.74) is 0.498. The molecule has 1 saturated heterocycles. The van der Waals surface area contributed by atoms with Crippen LogP contribution in [0.2, 0.25) is 0 Å². The molecule has 5 nitrogen and oxygen atoms in total. The van der Waals surface area contributed by atoms with Crippen molar-refractivity contribution in [3.05, 3.63) is 35.6 Å². The van der Waals surface area contributed by atoms with E-state index in [1.807, 2.05) is 6.92 Å². The van der Waals surface area contributed by atoms with E-state index in [9.17, 15) is 18.8 Å². The lowest BCUT2D eigenvalue weighted by molar-refractivity contribution is -0.143. The van der Waals surface area contributed by atoms with Crippen LogP contribution < -0.4 is 5.32 Å². The van der Waals surface area contributed by atoms with Gasteiger partial charge >= 0.3 is 6.03 Å². The number of amides is 4. The highest BCUT2D eigenvalue weighted by Crippen LogP contribution is 2.18. The van der Waals surface area contributed by atoms with E-state index in [1.165, 1.54) is 18.2 Å². The number of hydrogen-bond acceptors (Lipinski definition) is 3. The van der Waals surface area contributed by atoms with Gasteiger partial charge in [-0.15, -0.1) is 0 Å². The van der Waals surface area contributed by atoms with Crippen LogP contribution in [0.25, 0.3) is 0 Å². The van der Waals surface area contributed by atoms with Crippen molar-refractivity contribution >= 4 is 17.8 Å². The minimum atomic E-state index is -0.841. The van der Waals surface area contributed by atoms with Gasteiger partial charge in [0.2, 0.25) is 11.8 Å². The molecule has 1 aromatic rings. The third-order valence-electron chi connectivity index (χ3n) is 3.16. The van der Waals surface area contributed by atoms with Crippen LogP contribution in [-0.4, -0.2) is 22.7 Å². The van der Waals surface area contributed by atoms with Gasteiger partial charge in [0.1, 0.15) is 11.7 Å². The van der Waals surface area contributed by atoms with Gasteiger partial charge in [0.05, 0.1) is 6.54 Å². The normalized spacial score (nSPS) is 19.2. The highest BCUT2D eigenvalue weighted by atomic mass is 19.1. The fraction of sp³-hybridized carbons (Fsp3) is 0.357. The number of nitrogens with one attached hydrogen (secondary N) is 1. The Bertz CT molecular complexity index is 559. The summed E-state index contributed by atoms with van der Waals surface area (Å²) in [6.45, 7) is 1.81. The Morgan fingerprint density at radius 2 is 2.05 bits per heavy atom. The standard InChI is InChI=1S/C14H15FN2O3/c1-2-4-11-12(18)16-14(20)17(13(11)19)8-9-5-3-6-10(15)7-9/h3,5-7,11H,2,4,8H2,1H3,(H,16,18,20). The third kappa shape index (κ3) is 2.84. The molecule has 0 spiro atoms. The molecule has 1 aromatic carbocycles. The smallest absolute Gasteiger partial charge is 0.277 e. The van der Waals surface area contributed by atoms with Crippen molar-refractivity contribution in [1.29, 1.82) is 0 Å². The Kier molecular flexibility index (Phi) is 4.12. The van der Waals surface area contributed by atoms with Crippen LogP contribution >= 0.6 is 0 Å². The number of nitrogens with zero attached hydrogens (tertiary/aromatic N) is 1. The van der Waals surface area contributed by atoms with Crippen LogP contribution in [0.1, 0.15) is 25.3 Å². The van der Waals surface area contributed by atoms with Gasteiger partial charge in [-0.2, -0.15) is 0 Å². The zero-order valence-corrected chi connectivity index (χ0v) is 11.1. The number of imide groups is 2. The maximum atomic E-state index is 13.1. The van der Waals surface area contributed by atoms with Gasteiger partial charge in [0, 0.05) is 0 Å². The minimum absolute atomic E-state index is 0.0457. The first-order valence-corrected chi connectivity index (χ1v) is 6.43. The van der Waals surface area contributed by atoms with E-state index >= 15 is 0 Å². The summed E-state index contributed by atoms with van der Waals surface area (Å²) >= 11 is 0. The fourth-order valence-electron chi connectivity index (χ4n) is 2.17. The number of carbonyl (C=O) groups is 3. The lowest BCUT2D eigenvalue weighted by atomic mass is 9.99. The van der Waals surface area contributed by atoms with Crippen LogP contribution in [0.5, 0.6) is 0 Å². The van der Waals surface area contributed by atoms with Crippen molar-refractivity contribution in [1.82, 2.24) is 10.2 Å². The molecular weight excluding hydrogens is 263 g/mol. The van der Waals surface area contributed by atoms with Gasteiger partial charge in [0.15, 0.2) is 0 Å². The van der Waals surface area contributed by atoms with E-state index in [1.54, 1.807) is 6.07 Å². The fourth-order valence-corrected chi connectivity index (χ4v) is 2.17. The zero-order chi connectivity index (χ0) is 14.7. The predicted octanol–water partition coefficient (Wildman–Crippen LogP) is 1.82. The molecule has 0 aliphatic carbocycles. The average molecular weight is 278 g/mol. The Labute approximate surface area is 115 Å². The van der Waals surface area contributed by atoms with Gasteiger partial charge in [-0.3, -0.25) is 19.8 Å². The van der Waals surface area contributed by atoms with Crippen LogP contribution in [0.3, 0.4) is 0 Å². The summed E-state index contributed by atoms with van der Waals surface area (Å²) in [5, 5.41) is 2.16. The molecule has 6 heteroatoms. The number of benzene rings is 1. The van der Waals surface area contributed by atoms with E-state index in [2.05, 4.69) is 5.32 Å². The quantitative estimate of drug-likeness (QED) is 0.854. The summed E-state index contributed by atoms with van der Waals surface area (Å²) in [5.74, 6) is -2.36. The third-order valence-corrected chi connectivity index (χ3v) is 3.16. The molecule has 1 heterocycles. The van der Waals surface area contributed by atoms with Crippen molar-refractivity contribution in [2.45, 2.75) is 26.3 Å². The van der Waals surface area contributed by atoms with Gasteiger partial charge in [-0.1, -0.05) is 25.5 Å². The topological polar surface area (TPSA) is 66.5 Å². The second kappa shape index (κ2) is 5.81. The van der Waals surface area contributed by atoms with Crippen LogP contribution in [0, 0.1) is 11.7 Å². The van der Waals surface area contributed by atoms with Crippen molar-refractivity contribution in [2.24, 2.45) is 5.92 Å². The van der Waals surface area contributed by atoms with Gasteiger partial charge < -0.3 is 0 Å². The van der Waals surface area contributed by atoms with Crippen molar-refractivity contribution in [3.8, 4) is 0 Å². The molecular formula is C14H15FN2O3. The molecule has 4 amide bonds. The molecule has 1 aliphatic rings. The maximum Gasteiger partial charge on any atom is 0.331 e. The monoisotopic (exact) mass is 278 g/mol. The van der Waals surface area contributed by atoms with E-state index in [4.69, 9.17) is 0 Å². The molecule has 0 aromatic heterocycles. The van der Waals surface area contributed by atoms with Crippen molar-refractivity contribution < 1.29 is 18.8 Å². The first-order valence-electron chi connectivity index (χ1n) is 6.43. The van der Waals surface area contributed by atoms with Crippen molar-refractivity contribution in [2.75, 3.05) is 0 Å². The SMILES string of the molecule is CCCC1C(=O)NC(=O)N(Cc2cccc(F)c2)C1=O.